The van der Waals surface area contributed by atoms with Crippen LogP contribution in [0.3, 0.4) is 0 Å². The summed E-state index contributed by atoms with van der Waals surface area (Å²) in [6.07, 6.45) is 0.945. The molecule has 2 aromatic rings. The topological polar surface area (TPSA) is 20.2 Å². The van der Waals surface area contributed by atoms with Gasteiger partial charge in [0.1, 0.15) is 0 Å². The van der Waals surface area contributed by atoms with Gasteiger partial charge in [-0.1, -0.05) is 24.6 Å². The number of halogens is 1. The van der Waals surface area contributed by atoms with Crippen LogP contribution < -0.4 is 0 Å². The largest absolute Gasteiger partial charge is 0.392 e. The van der Waals surface area contributed by atoms with Gasteiger partial charge in [-0.25, -0.2) is 0 Å². The molecular weight excluding hydrogens is 216 g/mol. The molecule has 0 spiro atoms. The number of hydrogen-bond acceptors (Lipinski definition) is 2. The molecule has 0 amide bonds. The Labute approximate surface area is 91.9 Å². The van der Waals surface area contributed by atoms with Gasteiger partial charge >= 0.3 is 0 Å². The van der Waals surface area contributed by atoms with Crippen LogP contribution in [0.25, 0.3) is 10.1 Å². The second-order valence-electron chi connectivity index (χ2n) is 3.22. The third-order valence-electron chi connectivity index (χ3n) is 2.34. The molecule has 0 aliphatic heterocycles. The van der Waals surface area contributed by atoms with Gasteiger partial charge in [0, 0.05) is 15.5 Å². The third-order valence-corrected chi connectivity index (χ3v) is 3.69. The fraction of sp³-hybridized carbons (Fsp3) is 0.273. The quantitative estimate of drug-likeness (QED) is 0.830. The van der Waals surface area contributed by atoms with Crippen molar-refractivity contribution in [3.05, 3.63) is 33.7 Å². The van der Waals surface area contributed by atoms with Gasteiger partial charge < -0.3 is 5.11 Å². The SMILES string of the molecule is CCc1cc(CO)cc2scc(Cl)c12. The van der Waals surface area contributed by atoms with Crippen molar-refractivity contribution >= 4 is 33.0 Å². The monoisotopic (exact) mass is 226 g/mol. The van der Waals surface area contributed by atoms with Crippen LogP contribution in [0, 0.1) is 0 Å². The van der Waals surface area contributed by atoms with E-state index in [9.17, 15) is 0 Å². The van der Waals surface area contributed by atoms with Gasteiger partial charge in [0.2, 0.25) is 0 Å². The number of aliphatic hydroxyl groups excluding tert-OH is 1. The molecule has 1 N–H and O–H groups in total. The number of aliphatic hydroxyl groups is 1. The first-order valence-electron chi connectivity index (χ1n) is 4.55. The molecular formula is C11H11ClOS. The summed E-state index contributed by atoms with van der Waals surface area (Å²) >= 11 is 7.73. The van der Waals surface area contributed by atoms with Crippen molar-refractivity contribution in [2.45, 2.75) is 20.0 Å². The third kappa shape index (κ3) is 1.54. The van der Waals surface area contributed by atoms with Gasteiger partial charge in [-0.3, -0.25) is 0 Å². The minimum Gasteiger partial charge on any atom is -0.392 e. The first kappa shape index (κ1) is 9.97. The molecule has 2 rings (SSSR count). The first-order valence-corrected chi connectivity index (χ1v) is 5.81. The molecule has 1 heterocycles. The molecule has 14 heavy (non-hydrogen) atoms. The lowest BCUT2D eigenvalue weighted by atomic mass is 10.0. The van der Waals surface area contributed by atoms with Gasteiger partial charge in [0.25, 0.3) is 0 Å². The fourth-order valence-electron chi connectivity index (χ4n) is 1.64. The molecule has 3 heteroatoms. The maximum atomic E-state index is 9.10. The van der Waals surface area contributed by atoms with Crippen LogP contribution in [0.1, 0.15) is 18.1 Å². The van der Waals surface area contributed by atoms with E-state index in [1.54, 1.807) is 11.3 Å². The predicted molar refractivity (Wildman–Crippen MR) is 62.1 cm³/mol. The summed E-state index contributed by atoms with van der Waals surface area (Å²) in [4.78, 5) is 0. The highest BCUT2D eigenvalue weighted by atomic mass is 35.5. The van der Waals surface area contributed by atoms with Crippen LogP contribution in [-0.2, 0) is 13.0 Å². The second-order valence-corrected chi connectivity index (χ2v) is 4.54. The Morgan fingerprint density at radius 1 is 1.43 bits per heavy atom. The van der Waals surface area contributed by atoms with Crippen LogP contribution in [0.15, 0.2) is 17.5 Å². The van der Waals surface area contributed by atoms with Crippen molar-refractivity contribution < 1.29 is 5.11 Å². The molecule has 1 aromatic heterocycles. The lowest BCUT2D eigenvalue weighted by Gasteiger charge is -2.03. The van der Waals surface area contributed by atoms with E-state index < -0.39 is 0 Å². The van der Waals surface area contributed by atoms with Crippen LogP contribution in [0.4, 0.5) is 0 Å². The Hall–Kier alpha value is -0.570. The number of hydrogen-bond donors (Lipinski definition) is 1. The minimum atomic E-state index is 0.0957. The van der Waals surface area contributed by atoms with Crippen molar-refractivity contribution in [3.63, 3.8) is 0 Å². The van der Waals surface area contributed by atoms with E-state index in [1.165, 1.54) is 10.3 Å². The Morgan fingerprint density at radius 3 is 2.86 bits per heavy atom. The minimum absolute atomic E-state index is 0.0957. The highest BCUT2D eigenvalue weighted by molar-refractivity contribution is 7.17. The van der Waals surface area contributed by atoms with Gasteiger partial charge in [-0.15, -0.1) is 11.3 Å². The molecule has 0 aliphatic rings. The van der Waals surface area contributed by atoms with Crippen LogP contribution in [0.5, 0.6) is 0 Å². The maximum Gasteiger partial charge on any atom is 0.0682 e. The molecule has 0 bridgehead atoms. The average molecular weight is 227 g/mol. The van der Waals surface area contributed by atoms with E-state index in [0.29, 0.717) is 0 Å². The van der Waals surface area contributed by atoms with Gasteiger partial charge in [0.15, 0.2) is 0 Å². The summed E-state index contributed by atoms with van der Waals surface area (Å²) < 4.78 is 1.17. The van der Waals surface area contributed by atoms with E-state index in [-0.39, 0.29) is 6.61 Å². The zero-order chi connectivity index (χ0) is 10.1. The van der Waals surface area contributed by atoms with Crippen molar-refractivity contribution in [2.24, 2.45) is 0 Å². The predicted octanol–water partition coefficient (Wildman–Crippen LogP) is 3.61. The summed E-state index contributed by atoms with van der Waals surface area (Å²) in [6.45, 7) is 2.20. The standard InChI is InChI=1S/C11H11ClOS/c1-2-8-3-7(5-13)4-10-11(8)9(12)6-14-10/h3-4,6,13H,2,5H2,1H3. The Balaban J connectivity index is 2.76. The molecule has 0 radical (unpaired) electrons. The van der Waals surface area contributed by atoms with Gasteiger partial charge in [-0.2, -0.15) is 0 Å². The number of thiophene rings is 1. The molecule has 1 nitrogen and oxygen atoms in total. The summed E-state index contributed by atoms with van der Waals surface area (Å²) in [5.41, 5.74) is 2.19. The molecule has 74 valence electrons. The van der Waals surface area contributed by atoms with Crippen molar-refractivity contribution in [1.29, 1.82) is 0 Å². The second kappa shape index (κ2) is 3.89. The number of aryl methyl sites for hydroxylation is 1. The molecule has 0 saturated heterocycles. The normalized spacial score (nSPS) is 11.1. The summed E-state index contributed by atoms with van der Waals surface area (Å²) in [6, 6.07) is 4.03. The number of rotatable bonds is 2. The number of benzene rings is 1. The van der Waals surface area contributed by atoms with Crippen molar-refractivity contribution in [2.75, 3.05) is 0 Å². The number of fused-ring (bicyclic) bond motifs is 1. The summed E-state index contributed by atoms with van der Waals surface area (Å²) in [5.74, 6) is 0. The first-order chi connectivity index (χ1) is 6.76. The highest BCUT2D eigenvalue weighted by Crippen LogP contribution is 2.34. The molecule has 0 atom stereocenters. The lowest BCUT2D eigenvalue weighted by molar-refractivity contribution is 0.282. The van der Waals surface area contributed by atoms with Crippen LogP contribution in [-0.4, -0.2) is 5.11 Å². The molecule has 1 aromatic carbocycles. The lowest BCUT2D eigenvalue weighted by Crippen LogP contribution is -1.87. The zero-order valence-electron chi connectivity index (χ0n) is 7.88. The van der Waals surface area contributed by atoms with E-state index in [0.717, 1.165) is 22.4 Å². The summed E-state index contributed by atoms with van der Waals surface area (Å²) in [7, 11) is 0. The van der Waals surface area contributed by atoms with E-state index in [4.69, 9.17) is 16.7 Å². The fourth-order valence-corrected chi connectivity index (χ4v) is 2.98. The Bertz CT molecular complexity index is 462. The highest BCUT2D eigenvalue weighted by Gasteiger charge is 2.07. The Morgan fingerprint density at radius 2 is 2.21 bits per heavy atom. The van der Waals surface area contributed by atoms with Crippen molar-refractivity contribution in [1.82, 2.24) is 0 Å². The maximum absolute atomic E-state index is 9.10. The van der Waals surface area contributed by atoms with Gasteiger partial charge in [-0.05, 0) is 23.6 Å². The molecule has 0 saturated carbocycles. The zero-order valence-corrected chi connectivity index (χ0v) is 9.45. The Kier molecular flexibility index (Phi) is 2.77. The summed E-state index contributed by atoms with van der Waals surface area (Å²) in [5, 5.41) is 13.0. The van der Waals surface area contributed by atoms with Gasteiger partial charge in [0.05, 0.1) is 11.6 Å². The van der Waals surface area contributed by atoms with Crippen LogP contribution in [0.2, 0.25) is 5.02 Å². The molecule has 0 fully saturated rings. The van der Waals surface area contributed by atoms with E-state index in [2.05, 4.69) is 6.92 Å². The van der Waals surface area contributed by atoms with E-state index >= 15 is 0 Å². The average Bonchev–Trinajstić information content (AvgIpc) is 2.59. The van der Waals surface area contributed by atoms with Crippen molar-refractivity contribution in [3.8, 4) is 0 Å². The van der Waals surface area contributed by atoms with E-state index in [1.807, 2.05) is 17.5 Å². The van der Waals surface area contributed by atoms with Crippen LogP contribution >= 0.6 is 22.9 Å². The molecule has 0 aliphatic carbocycles. The molecule has 0 unspecified atom stereocenters. The smallest absolute Gasteiger partial charge is 0.0682 e.